The summed E-state index contributed by atoms with van der Waals surface area (Å²) in [6.45, 7) is 22.2. The van der Waals surface area contributed by atoms with E-state index >= 15 is 0 Å². The van der Waals surface area contributed by atoms with Crippen LogP contribution in [-0.4, -0.2) is 68.1 Å². The van der Waals surface area contributed by atoms with Crippen LogP contribution in [0.5, 0.6) is 0 Å². The Morgan fingerprint density at radius 3 is 2.12 bits per heavy atom. The third-order valence-electron chi connectivity index (χ3n) is 8.60. The Hall–Kier alpha value is -2.12. The standard InChI is InChI=1S/C31H46NO9P/c1-10-27-31(22(6)24(8)38-27)41-42(35,36-14-13-32-9)37-17-28-30(21(5)23(7)39-28)40-29(34)12-11-26(33)25-15-18(2)20(4)19(3)16-25/h15-16,21-24,27-28,30-31H,10-14,17H2,1-8H3. The molecule has 1 aromatic carbocycles. The van der Waals surface area contributed by atoms with Gasteiger partial charge in [0.15, 0.2) is 5.78 Å². The average Bonchev–Trinajstić information content (AvgIpc) is 3.37. The molecule has 234 valence electrons. The normalized spacial score (nSPS) is 30.5. The number of ketones is 1. The van der Waals surface area contributed by atoms with Crippen molar-refractivity contribution in [3.8, 4) is 0 Å². The maximum atomic E-state index is 13.8. The van der Waals surface area contributed by atoms with E-state index in [0.717, 1.165) is 16.7 Å². The van der Waals surface area contributed by atoms with Gasteiger partial charge in [0.2, 0.25) is 6.54 Å². The minimum atomic E-state index is -4.13. The lowest BCUT2D eigenvalue weighted by Crippen LogP contribution is -2.35. The van der Waals surface area contributed by atoms with Crippen molar-refractivity contribution < 1.29 is 41.9 Å². The van der Waals surface area contributed by atoms with Gasteiger partial charge < -0.3 is 19.1 Å². The van der Waals surface area contributed by atoms with Gasteiger partial charge in [0.05, 0.1) is 31.3 Å². The van der Waals surface area contributed by atoms with Gasteiger partial charge in [-0.15, -0.1) is 0 Å². The van der Waals surface area contributed by atoms with Crippen LogP contribution < -0.4 is 0 Å². The van der Waals surface area contributed by atoms with Crippen molar-refractivity contribution in [3.05, 3.63) is 45.8 Å². The second-order valence-electron chi connectivity index (χ2n) is 11.5. The second kappa shape index (κ2) is 15.1. The molecular formula is C31H46NO9P. The van der Waals surface area contributed by atoms with E-state index in [1.807, 2.05) is 67.5 Å². The van der Waals surface area contributed by atoms with Crippen LogP contribution in [-0.2, 0) is 37.1 Å². The Labute approximate surface area is 250 Å². The number of Topliss-reactive ketones (excluding diaryl/α,β-unsaturated/α-hetero) is 1. The first kappa shape index (κ1) is 34.4. The fourth-order valence-corrected chi connectivity index (χ4v) is 6.81. The first-order valence-corrected chi connectivity index (χ1v) is 16.3. The molecule has 2 aliphatic heterocycles. The van der Waals surface area contributed by atoms with Crippen LogP contribution >= 0.6 is 7.82 Å². The highest BCUT2D eigenvalue weighted by molar-refractivity contribution is 7.48. The molecule has 0 amide bonds. The third-order valence-corrected chi connectivity index (χ3v) is 10.1. The molecular weight excluding hydrogens is 561 g/mol. The molecule has 0 bridgehead atoms. The van der Waals surface area contributed by atoms with Gasteiger partial charge in [-0.2, -0.15) is 0 Å². The highest BCUT2D eigenvalue weighted by Gasteiger charge is 2.47. The topological polar surface area (TPSA) is 111 Å². The van der Waals surface area contributed by atoms with Gasteiger partial charge in [-0.05, 0) is 69.9 Å². The minimum Gasteiger partial charge on any atom is -0.459 e. The van der Waals surface area contributed by atoms with Crippen LogP contribution in [0.1, 0.15) is 80.9 Å². The van der Waals surface area contributed by atoms with E-state index in [9.17, 15) is 14.2 Å². The second-order valence-corrected chi connectivity index (χ2v) is 13.1. The van der Waals surface area contributed by atoms with E-state index in [4.69, 9.17) is 34.4 Å². The Morgan fingerprint density at radius 2 is 1.52 bits per heavy atom. The molecule has 0 N–H and O–H groups in total. The van der Waals surface area contributed by atoms with E-state index in [-0.39, 0.29) is 68.5 Å². The van der Waals surface area contributed by atoms with Crippen molar-refractivity contribution in [2.24, 2.45) is 11.8 Å². The number of esters is 1. The molecule has 42 heavy (non-hydrogen) atoms. The zero-order valence-electron chi connectivity index (χ0n) is 26.1. The lowest BCUT2D eigenvalue weighted by molar-refractivity contribution is -0.154. The number of carbonyl (C=O) groups excluding carboxylic acids is 2. The number of phosphoric acid groups is 1. The number of phosphoric ester groups is 1. The van der Waals surface area contributed by atoms with Crippen molar-refractivity contribution >= 4 is 19.6 Å². The van der Waals surface area contributed by atoms with Gasteiger partial charge in [-0.3, -0.25) is 23.2 Å². The maximum Gasteiger partial charge on any atom is 0.475 e. The van der Waals surface area contributed by atoms with Crippen LogP contribution in [0.25, 0.3) is 4.85 Å². The summed E-state index contributed by atoms with van der Waals surface area (Å²) in [4.78, 5) is 28.9. The Bertz CT molecular complexity index is 1170. The SMILES string of the molecule is [C-]#[N+]CCOP(=O)(OCC1OC(C)C(C)C1OC(=O)CCC(=O)c1cc(C)c(C)c(C)c1)OC1C(CC)OC(C)C1C. The summed E-state index contributed by atoms with van der Waals surface area (Å²) >= 11 is 0. The monoisotopic (exact) mass is 607 g/mol. The molecule has 9 atom stereocenters. The van der Waals surface area contributed by atoms with Crippen molar-refractivity contribution in [1.82, 2.24) is 0 Å². The average molecular weight is 608 g/mol. The summed E-state index contributed by atoms with van der Waals surface area (Å²) < 4.78 is 48.8. The molecule has 10 nitrogen and oxygen atoms in total. The van der Waals surface area contributed by atoms with Crippen LogP contribution in [0.2, 0.25) is 0 Å². The number of benzene rings is 1. The lowest BCUT2D eigenvalue weighted by atomic mass is 9.97. The zero-order valence-corrected chi connectivity index (χ0v) is 27.0. The van der Waals surface area contributed by atoms with Crippen LogP contribution in [0.15, 0.2) is 12.1 Å². The summed E-state index contributed by atoms with van der Waals surface area (Å²) in [5.74, 6) is -0.865. The van der Waals surface area contributed by atoms with Crippen LogP contribution in [0.3, 0.4) is 0 Å². The molecule has 0 aliphatic carbocycles. The quantitative estimate of drug-likeness (QED) is 0.0804. The smallest absolute Gasteiger partial charge is 0.459 e. The predicted molar refractivity (Wildman–Crippen MR) is 157 cm³/mol. The van der Waals surface area contributed by atoms with Crippen molar-refractivity contribution in [1.29, 1.82) is 0 Å². The number of nitrogens with zero attached hydrogens (tertiary/aromatic N) is 1. The summed E-state index contributed by atoms with van der Waals surface area (Å²) in [6, 6.07) is 3.70. The van der Waals surface area contributed by atoms with E-state index in [2.05, 4.69) is 4.85 Å². The number of hydrogen-bond donors (Lipinski definition) is 0. The van der Waals surface area contributed by atoms with Gasteiger partial charge >= 0.3 is 13.8 Å². The first-order chi connectivity index (χ1) is 19.8. The summed E-state index contributed by atoms with van der Waals surface area (Å²) in [5.41, 5.74) is 3.78. The Balaban J connectivity index is 1.64. The Morgan fingerprint density at radius 1 is 0.929 bits per heavy atom. The van der Waals surface area contributed by atoms with E-state index in [0.29, 0.717) is 12.0 Å². The predicted octanol–water partition coefficient (Wildman–Crippen LogP) is 6.19. The summed E-state index contributed by atoms with van der Waals surface area (Å²) in [7, 11) is -4.13. The van der Waals surface area contributed by atoms with Gasteiger partial charge in [-0.25, -0.2) is 11.1 Å². The van der Waals surface area contributed by atoms with Gasteiger partial charge in [0.1, 0.15) is 24.9 Å². The molecule has 2 saturated heterocycles. The van der Waals surface area contributed by atoms with Crippen molar-refractivity contribution in [3.63, 3.8) is 0 Å². The Kier molecular flexibility index (Phi) is 12.3. The van der Waals surface area contributed by atoms with Crippen molar-refractivity contribution in [2.75, 3.05) is 19.8 Å². The maximum absolute atomic E-state index is 13.8. The first-order valence-electron chi connectivity index (χ1n) is 14.8. The molecule has 2 heterocycles. The largest absolute Gasteiger partial charge is 0.475 e. The van der Waals surface area contributed by atoms with Gasteiger partial charge in [0.25, 0.3) is 0 Å². The molecule has 2 fully saturated rings. The molecule has 3 rings (SSSR count). The number of rotatable bonds is 14. The van der Waals surface area contributed by atoms with Gasteiger partial charge in [0, 0.05) is 23.8 Å². The molecule has 0 saturated carbocycles. The fraction of sp³-hybridized carbons (Fsp3) is 0.710. The molecule has 1 aromatic rings. The zero-order chi connectivity index (χ0) is 31.2. The summed E-state index contributed by atoms with van der Waals surface area (Å²) in [6.07, 6.45) is -1.94. The summed E-state index contributed by atoms with van der Waals surface area (Å²) in [5, 5.41) is 0. The van der Waals surface area contributed by atoms with E-state index < -0.39 is 32.1 Å². The van der Waals surface area contributed by atoms with Gasteiger partial charge in [-0.1, -0.05) is 20.8 Å². The molecule has 0 aromatic heterocycles. The number of carbonyl (C=O) groups is 2. The highest BCUT2D eigenvalue weighted by atomic mass is 31.2. The fourth-order valence-electron chi connectivity index (χ4n) is 5.35. The number of hydrogen-bond acceptors (Lipinski definition) is 9. The molecule has 9 unspecified atom stereocenters. The highest BCUT2D eigenvalue weighted by Crippen LogP contribution is 2.54. The molecule has 0 spiro atoms. The van der Waals surface area contributed by atoms with E-state index in [1.54, 1.807) is 0 Å². The van der Waals surface area contributed by atoms with Crippen LogP contribution in [0, 0.1) is 39.2 Å². The van der Waals surface area contributed by atoms with E-state index in [1.165, 1.54) is 0 Å². The van der Waals surface area contributed by atoms with Crippen molar-refractivity contribution in [2.45, 2.75) is 111 Å². The van der Waals surface area contributed by atoms with Crippen LogP contribution in [0.4, 0.5) is 0 Å². The minimum absolute atomic E-state index is 0.00425. The molecule has 0 radical (unpaired) electrons. The number of aryl methyl sites for hydroxylation is 2. The lowest BCUT2D eigenvalue weighted by Gasteiger charge is -2.27. The molecule has 11 heteroatoms. The number of ether oxygens (including phenoxy) is 3. The third kappa shape index (κ3) is 8.49. The molecule has 2 aliphatic rings.